The van der Waals surface area contributed by atoms with Gasteiger partial charge in [-0.15, -0.1) is 0 Å². The van der Waals surface area contributed by atoms with Crippen LogP contribution in [0.15, 0.2) is 34.9 Å². The zero-order valence-electron chi connectivity index (χ0n) is 10.5. The molecule has 0 saturated heterocycles. The number of aromatic nitrogens is 1. The number of ether oxygens (including phenoxy) is 1. The van der Waals surface area contributed by atoms with Gasteiger partial charge >= 0.3 is 0 Å². The number of nitrogens with one attached hydrogen (secondary N) is 1. The van der Waals surface area contributed by atoms with Gasteiger partial charge < -0.3 is 20.2 Å². The van der Waals surface area contributed by atoms with Gasteiger partial charge in [0.05, 0.1) is 24.6 Å². The Morgan fingerprint density at radius 1 is 1.44 bits per heavy atom. The Morgan fingerprint density at radius 3 is 2.94 bits per heavy atom. The van der Waals surface area contributed by atoms with E-state index in [9.17, 15) is 0 Å². The van der Waals surface area contributed by atoms with Crippen LogP contribution in [-0.4, -0.2) is 11.6 Å². The molecular formula is C13H17N3O2. The van der Waals surface area contributed by atoms with E-state index in [1.54, 1.807) is 12.3 Å². The molecule has 0 fully saturated rings. The van der Waals surface area contributed by atoms with Gasteiger partial charge in [0.1, 0.15) is 11.6 Å². The maximum absolute atomic E-state index is 5.77. The molecule has 0 amide bonds. The van der Waals surface area contributed by atoms with E-state index in [1.165, 1.54) is 0 Å². The summed E-state index contributed by atoms with van der Waals surface area (Å²) in [5.41, 5.74) is 6.30. The molecule has 0 aliphatic carbocycles. The second-order valence-corrected chi connectivity index (χ2v) is 3.91. The molecule has 2 rings (SSSR count). The third-order valence-corrected chi connectivity index (χ3v) is 2.51. The third-order valence-electron chi connectivity index (χ3n) is 2.51. The van der Waals surface area contributed by atoms with Crippen LogP contribution in [0, 0.1) is 0 Å². The molecule has 18 heavy (non-hydrogen) atoms. The summed E-state index contributed by atoms with van der Waals surface area (Å²) in [6.07, 6.45) is 1.65. The van der Waals surface area contributed by atoms with Crippen molar-refractivity contribution in [2.75, 3.05) is 17.7 Å². The number of hydrogen-bond donors (Lipinski definition) is 2. The van der Waals surface area contributed by atoms with Crippen molar-refractivity contribution in [3.05, 3.63) is 36.3 Å². The van der Waals surface area contributed by atoms with Gasteiger partial charge in [0, 0.05) is 0 Å². The second kappa shape index (κ2) is 5.44. The first-order valence-corrected chi connectivity index (χ1v) is 5.90. The molecule has 0 bridgehead atoms. The first-order chi connectivity index (χ1) is 8.70. The smallest absolute Gasteiger partial charge is 0.239 e. The van der Waals surface area contributed by atoms with E-state index >= 15 is 0 Å². The molecular weight excluding hydrogens is 230 g/mol. The lowest BCUT2D eigenvalue weighted by atomic mass is 10.2. The highest BCUT2D eigenvalue weighted by atomic mass is 16.5. The number of furan rings is 1. The lowest BCUT2D eigenvalue weighted by Crippen LogP contribution is -2.08. The van der Waals surface area contributed by atoms with E-state index in [1.807, 2.05) is 32.0 Å². The Bertz CT molecular complexity index is 497. The fraction of sp³-hybridized carbons (Fsp3) is 0.308. The van der Waals surface area contributed by atoms with E-state index in [2.05, 4.69) is 10.3 Å². The highest BCUT2D eigenvalue weighted by Gasteiger charge is 2.10. The molecule has 5 nitrogen and oxygen atoms in total. The largest absolute Gasteiger partial charge is 0.476 e. The van der Waals surface area contributed by atoms with Crippen molar-refractivity contribution in [1.82, 2.24) is 4.98 Å². The summed E-state index contributed by atoms with van der Waals surface area (Å²) in [6, 6.07) is 7.39. The lowest BCUT2D eigenvalue weighted by molar-refractivity contribution is 0.329. The Morgan fingerprint density at radius 2 is 2.28 bits per heavy atom. The first-order valence-electron chi connectivity index (χ1n) is 5.90. The van der Waals surface area contributed by atoms with E-state index in [-0.39, 0.29) is 6.04 Å². The molecule has 2 aromatic rings. The number of pyridine rings is 1. The minimum Gasteiger partial charge on any atom is -0.476 e. The van der Waals surface area contributed by atoms with Crippen molar-refractivity contribution in [3.8, 4) is 5.88 Å². The van der Waals surface area contributed by atoms with Crippen LogP contribution in [0.4, 0.5) is 11.5 Å². The quantitative estimate of drug-likeness (QED) is 0.849. The zero-order valence-corrected chi connectivity index (χ0v) is 10.5. The fourth-order valence-corrected chi connectivity index (χ4v) is 1.61. The Hall–Kier alpha value is -2.17. The molecule has 96 valence electrons. The van der Waals surface area contributed by atoms with E-state index < -0.39 is 0 Å². The fourth-order valence-electron chi connectivity index (χ4n) is 1.61. The van der Waals surface area contributed by atoms with Crippen LogP contribution in [0.2, 0.25) is 0 Å². The van der Waals surface area contributed by atoms with Crippen LogP contribution in [0.25, 0.3) is 0 Å². The molecule has 1 unspecified atom stereocenters. The molecule has 0 spiro atoms. The normalized spacial score (nSPS) is 12.1. The van der Waals surface area contributed by atoms with E-state index in [0.717, 1.165) is 5.76 Å². The molecule has 0 aliphatic heterocycles. The average Bonchev–Trinajstić information content (AvgIpc) is 2.87. The minimum absolute atomic E-state index is 0.0330. The van der Waals surface area contributed by atoms with Crippen molar-refractivity contribution in [2.45, 2.75) is 19.9 Å². The number of anilines is 2. The summed E-state index contributed by atoms with van der Waals surface area (Å²) in [7, 11) is 0. The predicted molar refractivity (Wildman–Crippen MR) is 70.6 cm³/mol. The molecule has 0 saturated carbocycles. The summed E-state index contributed by atoms with van der Waals surface area (Å²) in [6.45, 7) is 4.43. The standard InChI is InChI=1S/C13H17N3O2/c1-3-17-13-10(14)6-7-12(16-13)15-9(2)11-5-4-8-18-11/h4-9H,3,14H2,1-2H3,(H,15,16). The number of nitrogen functional groups attached to an aromatic ring is 1. The minimum atomic E-state index is 0.0330. The van der Waals surface area contributed by atoms with Crippen LogP contribution >= 0.6 is 0 Å². The highest BCUT2D eigenvalue weighted by molar-refractivity contribution is 5.54. The Balaban J connectivity index is 2.12. The van der Waals surface area contributed by atoms with Gasteiger partial charge in [0.25, 0.3) is 0 Å². The van der Waals surface area contributed by atoms with Crippen molar-refractivity contribution >= 4 is 11.5 Å². The van der Waals surface area contributed by atoms with Crippen LogP contribution in [-0.2, 0) is 0 Å². The van der Waals surface area contributed by atoms with Crippen LogP contribution in [0.1, 0.15) is 25.6 Å². The molecule has 5 heteroatoms. The van der Waals surface area contributed by atoms with Gasteiger partial charge in [0.2, 0.25) is 5.88 Å². The molecule has 3 N–H and O–H groups in total. The number of rotatable bonds is 5. The average molecular weight is 247 g/mol. The second-order valence-electron chi connectivity index (χ2n) is 3.91. The molecule has 2 heterocycles. The lowest BCUT2D eigenvalue weighted by Gasteiger charge is -2.13. The SMILES string of the molecule is CCOc1nc(NC(C)c2ccco2)ccc1N. The van der Waals surface area contributed by atoms with Crippen LogP contribution in [0.3, 0.4) is 0 Å². The van der Waals surface area contributed by atoms with Crippen molar-refractivity contribution < 1.29 is 9.15 Å². The summed E-state index contributed by atoms with van der Waals surface area (Å²) < 4.78 is 10.7. The predicted octanol–water partition coefficient (Wildman–Crippen LogP) is 2.83. The first kappa shape index (κ1) is 12.3. The molecule has 1 atom stereocenters. The Labute approximate surface area is 106 Å². The van der Waals surface area contributed by atoms with Gasteiger partial charge in [-0.25, -0.2) is 0 Å². The molecule has 2 aromatic heterocycles. The number of hydrogen-bond acceptors (Lipinski definition) is 5. The number of nitrogens with zero attached hydrogens (tertiary/aromatic N) is 1. The van der Waals surface area contributed by atoms with Gasteiger partial charge in [0.15, 0.2) is 0 Å². The van der Waals surface area contributed by atoms with Crippen LogP contribution in [0.5, 0.6) is 5.88 Å². The van der Waals surface area contributed by atoms with Crippen molar-refractivity contribution in [2.24, 2.45) is 0 Å². The monoisotopic (exact) mass is 247 g/mol. The maximum atomic E-state index is 5.77. The van der Waals surface area contributed by atoms with Gasteiger partial charge in [-0.1, -0.05) is 0 Å². The Kier molecular flexibility index (Phi) is 3.72. The highest BCUT2D eigenvalue weighted by Crippen LogP contribution is 2.24. The zero-order chi connectivity index (χ0) is 13.0. The molecule has 0 aromatic carbocycles. The van der Waals surface area contributed by atoms with Gasteiger partial charge in [-0.3, -0.25) is 0 Å². The third kappa shape index (κ3) is 2.74. The summed E-state index contributed by atoms with van der Waals surface area (Å²) in [5, 5.41) is 3.23. The van der Waals surface area contributed by atoms with Gasteiger partial charge in [-0.2, -0.15) is 4.98 Å². The van der Waals surface area contributed by atoms with E-state index in [0.29, 0.717) is 24.0 Å². The molecule has 0 aliphatic rings. The summed E-state index contributed by atoms with van der Waals surface area (Å²) in [5.74, 6) is 2.01. The maximum Gasteiger partial charge on any atom is 0.239 e. The number of nitrogens with two attached hydrogens (primary N) is 1. The summed E-state index contributed by atoms with van der Waals surface area (Å²) >= 11 is 0. The van der Waals surface area contributed by atoms with E-state index in [4.69, 9.17) is 14.9 Å². The topological polar surface area (TPSA) is 73.3 Å². The van der Waals surface area contributed by atoms with Crippen LogP contribution < -0.4 is 15.8 Å². The van der Waals surface area contributed by atoms with Gasteiger partial charge in [-0.05, 0) is 38.1 Å². The van der Waals surface area contributed by atoms with Crippen molar-refractivity contribution in [3.63, 3.8) is 0 Å². The molecule has 0 radical (unpaired) electrons. The van der Waals surface area contributed by atoms with Crippen molar-refractivity contribution in [1.29, 1.82) is 0 Å². The summed E-state index contributed by atoms with van der Waals surface area (Å²) in [4.78, 5) is 4.31.